The number of carbonyl (C=O) groups is 1. The third-order valence-corrected chi connectivity index (χ3v) is 6.10. The van der Waals surface area contributed by atoms with Crippen molar-refractivity contribution in [3.63, 3.8) is 0 Å². The molecule has 6 heteroatoms. The summed E-state index contributed by atoms with van der Waals surface area (Å²) in [5, 5.41) is 0.513. The van der Waals surface area contributed by atoms with Gasteiger partial charge in [0, 0.05) is 5.56 Å². The maximum atomic E-state index is 13.7. The standard InChI is InChI=1S/C27H19FN2O2S/c28-21-14-15-24-25(17-21)33-27(29-24)30(18-19-8-3-1-4-9-19)26(31)20-10-7-13-23(16-20)32-22-11-5-2-6-12-22/h1-17H,18H2. The van der Waals surface area contributed by atoms with E-state index in [9.17, 15) is 9.18 Å². The number of rotatable bonds is 6. The lowest BCUT2D eigenvalue weighted by atomic mass is 10.1. The highest BCUT2D eigenvalue weighted by Gasteiger charge is 2.22. The molecule has 0 atom stereocenters. The van der Waals surface area contributed by atoms with Gasteiger partial charge >= 0.3 is 0 Å². The highest BCUT2D eigenvalue weighted by atomic mass is 32.1. The van der Waals surface area contributed by atoms with Gasteiger partial charge in [0.15, 0.2) is 5.13 Å². The third-order valence-electron chi connectivity index (χ3n) is 5.06. The first-order valence-electron chi connectivity index (χ1n) is 10.4. The van der Waals surface area contributed by atoms with Crippen LogP contribution in [-0.2, 0) is 6.54 Å². The Bertz CT molecular complexity index is 1400. The molecule has 0 unspecified atom stereocenters. The third kappa shape index (κ3) is 4.76. The quantitative estimate of drug-likeness (QED) is 0.275. The zero-order valence-corrected chi connectivity index (χ0v) is 18.3. The number of nitrogens with zero attached hydrogens (tertiary/aromatic N) is 2. The average molecular weight is 455 g/mol. The summed E-state index contributed by atoms with van der Waals surface area (Å²) in [7, 11) is 0. The molecule has 1 amide bonds. The summed E-state index contributed by atoms with van der Waals surface area (Å²) in [6, 6.07) is 30.6. The maximum absolute atomic E-state index is 13.7. The Morgan fingerprint density at radius 3 is 2.36 bits per heavy atom. The van der Waals surface area contributed by atoms with Gasteiger partial charge in [0.05, 0.1) is 16.8 Å². The van der Waals surface area contributed by atoms with Gasteiger partial charge in [-0.05, 0) is 54.1 Å². The van der Waals surface area contributed by atoms with E-state index in [0.29, 0.717) is 39.0 Å². The number of hydrogen-bond acceptors (Lipinski definition) is 4. The molecule has 0 aliphatic carbocycles. The maximum Gasteiger partial charge on any atom is 0.260 e. The van der Waals surface area contributed by atoms with Gasteiger partial charge in [-0.3, -0.25) is 9.69 Å². The first kappa shape index (κ1) is 20.8. The molecule has 0 saturated heterocycles. The van der Waals surface area contributed by atoms with Crippen LogP contribution < -0.4 is 9.64 Å². The Kier molecular flexibility index (Phi) is 5.83. The Balaban J connectivity index is 1.50. The Morgan fingerprint density at radius 1 is 0.848 bits per heavy atom. The van der Waals surface area contributed by atoms with Crippen LogP contribution in [-0.4, -0.2) is 10.9 Å². The number of benzene rings is 4. The van der Waals surface area contributed by atoms with Crippen molar-refractivity contribution < 1.29 is 13.9 Å². The van der Waals surface area contributed by atoms with Crippen LogP contribution in [0.1, 0.15) is 15.9 Å². The van der Waals surface area contributed by atoms with E-state index in [-0.39, 0.29) is 11.7 Å². The van der Waals surface area contributed by atoms with Gasteiger partial charge in [0.1, 0.15) is 17.3 Å². The molecule has 0 aliphatic rings. The summed E-state index contributed by atoms with van der Waals surface area (Å²) in [6.07, 6.45) is 0. The molecule has 0 aliphatic heterocycles. The highest BCUT2D eigenvalue weighted by Crippen LogP contribution is 2.32. The van der Waals surface area contributed by atoms with Crippen LogP contribution in [0.15, 0.2) is 103 Å². The number of halogens is 1. The second-order valence-electron chi connectivity index (χ2n) is 7.43. The summed E-state index contributed by atoms with van der Waals surface area (Å²) in [5.41, 5.74) is 2.10. The number of hydrogen-bond donors (Lipinski definition) is 0. The molecule has 1 heterocycles. The van der Waals surface area contributed by atoms with E-state index in [1.807, 2.05) is 66.7 Å². The summed E-state index contributed by atoms with van der Waals surface area (Å²) in [6.45, 7) is 0.339. The van der Waals surface area contributed by atoms with Gasteiger partial charge in [-0.1, -0.05) is 65.9 Å². The Labute approximate surface area is 194 Å². The normalized spacial score (nSPS) is 10.8. The van der Waals surface area contributed by atoms with Crippen molar-refractivity contribution in [2.24, 2.45) is 0 Å². The molecule has 33 heavy (non-hydrogen) atoms. The van der Waals surface area contributed by atoms with E-state index < -0.39 is 0 Å². The lowest BCUT2D eigenvalue weighted by Crippen LogP contribution is -2.30. The predicted molar refractivity (Wildman–Crippen MR) is 129 cm³/mol. The van der Waals surface area contributed by atoms with Gasteiger partial charge in [-0.25, -0.2) is 9.37 Å². The molecule has 0 bridgehead atoms. The van der Waals surface area contributed by atoms with Crippen LogP contribution in [0.25, 0.3) is 10.2 Å². The van der Waals surface area contributed by atoms with Crippen molar-refractivity contribution in [1.82, 2.24) is 4.98 Å². The molecule has 0 radical (unpaired) electrons. The number of thiazole rings is 1. The molecule has 0 fully saturated rings. The van der Waals surface area contributed by atoms with E-state index in [2.05, 4.69) is 4.98 Å². The fourth-order valence-corrected chi connectivity index (χ4v) is 4.46. The van der Waals surface area contributed by atoms with Crippen LogP contribution in [0.3, 0.4) is 0 Å². The summed E-state index contributed by atoms with van der Waals surface area (Å²) < 4.78 is 20.3. The largest absolute Gasteiger partial charge is 0.457 e. The van der Waals surface area contributed by atoms with Crippen LogP contribution in [0, 0.1) is 5.82 Å². The fraction of sp³-hybridized carbons (Fsp3) is 0.0370. The number of anilines is 1. The van der Waals surface area contributed by atoms with Gasteiger partial charge in [-0.15, -0.1) is 0 Å². The molecular formula is C27H19FN2O2S. The second kappa shape index (κ2) is 9.22. The van der Waals surface area contributed by atoms with E-state index in [1.54, 1.807) is 29.2 Å². The lowest BCUT2D eigenvalue weighted by Gasteiger charge is -2.20. The van der Waals surface area contributed by atoms with E-state index in [4.69, 9.17) is 4.74 Å². The van der Waals surface area contributed by atoms with E-state index >= 15 is 0 Å². The minimum Gasteiger partial charge on any atom is -0.457 e. The number of carbonyl (C=O) groups excluding carboxylic acids is 1. The van der Waals surface area contributed by atoms with Gasteiger partial charge in [0.2, 0.25) is 0 Å². The summed E-state index contributed by atoms with van der Waals surface area (Å²) in [5.74, 6) is 0.718. The zero-order valence-electron chi connectivity index (χ0n) is 17.5. The SMILES string of the molecule is O=C(c1cccc(Oc2ccccc2)c1)N(Cc1ccccc1)c1nc2ccc(F)cc2s1. The van der Waals surface area contributed by atoms with Crippen molar-refractivity contribution in [3.8, 4) is 11.5 Å². The lowest BCUT2D eigenvalue weighted by molar-refractivity contribution is 0.0985. The topological polar surface area (TPSA) is 42.4 Å². The Morgan fingerprint density at radius 2 is 1.58 bits per heavy atom. The number of para-hydroxylation sites is 1. The smallest absolute Gasteiger partial charge is 0.260 e. The van der Waals surface area contributed by atoms with E-state index in [0.717, 1.165) is 5.56 Å². The number of aromatic nitrogens is 1. The molecule has 0 spiro atoms. The molecule has 4 aromatic carbocycles. The van der Waals surface area contributed by atoms with Crippen molar-refractivity contribution >= 4 is 32.6 Å². The number of fused-ring (bicyclic) bond motifs is 1. The molecule has 162 valence electrons. The van der Waals surface area contributed by atoms with Gasteiger partial charge < -0.3 is 4.74 Å². The van der Waals surface area contributed by atoms with Crippen molar-refractivity contribution in [3.05, 3.63) is 120 Å². The minimum absolute atomic E-state index is 0.211. The van der Waals surface area contributed by atoms with Gasteiger partial charge in [0.25, 0.3) is 5.91 Å². The molecule has 4 nitrogen and oxygen atoms in total. The van der Waals surface area contributed by atoms with Gasteiger partial charge in [-0.2, -0.15) is 0 Å². The first-order valence-corrected chi connectivity index (χ1v) is 11.2. The molecular weight excluding hydrogens is 435 g/mol. The zero-order chi connectivity index (χ0) is 22.6. The Hall–Kier alpha value is -4.03. The van der Waals surface area contributed by atoms with Crippen LogP contribution in [0.2, 0.25) is 0 Å². The van der Waals surface area contributed by atoms with Crippen molar-refractivity contribution in [2.75, 3.05) is 4.90 Å². The molecule has 5 aromatic rings. The monoisotopic (exact) mass is 454 g/mol. The van der Waals surface area contributed by atoms with Crippen LogP contribution >= 0.6 is 11.3 Å². The summed E-state index contributed by atoms with van der Waals surface area (Å²) >= 11 is 1.29. The fourth-order valence-electron chi connectivity index (χ4n) is 3.47. The van der Waals surface area contributed by atoms with Crippen LogP contribution in [0.4, 0.5) is 9.52 Å². The molecule has 1 aromatic heterocycles. The number of amides is 1. The van der Waals surface area contributed by atoms with Crippen LogP contribution in [0.5, 0.6) is 11.5 Å². The first-order chi connectivity index (χ1) is 16.2. The van der Waals surface area contributed by atoms with Crippen molar-refractivity contribution in [1.29, 1.82) is 0 Å². The predicted octanol–water partition coefficient (Wildman–Crippen LogP) is 7.07. The van der Waals surface area contributed by atoms with E-state index in [1.165, 1.54) is 23.5 Å². The average Bonchev–Trinajstić information content (AvgIpc) is 3.26. The highest BCUT2D eigenvalue weighted by molar-refractivity contribution is 7.22. The minimum atomic E-state index is -0.329. The second-order valence-corrected chi connectivity index (χ2v) is 8.44. The van der Waals surface area contributed by atoms with Crippen molar-refractivity contribution in [2.45, 2.75) is 6.54 Å². The molecule has 0 saturated carbocycles. The molecule has 0 N–H and O–H groups in total. The molecule has 5 rings (SSSR count). The summed E-state index contributed by atoms with van der Waals surface area (Å²) in [4.78, 5) is 19.9. The number of ether oxygens (including phenoxy) is 1.